The summed E-state index contributed by atoms with van der Waals surface area (Å²) in [5.41, 5.74) is 0.610. The Labute approximate surface area is 180 Å². The van der Waals surface area contributed by atoms with E-state index in [9.17, 15) is 14.4 Å². The molecule has 0 aliphatic heterocycles. The van der Waals surface area contributed by atoms with Crippen LogP contribution in [0, 0.1) is 12.8 Å². The van der Waals surface area contributed by atoms with E-state index in [2.05, 4.69) is 5.32 Å². The number of amides is 1. The van der Waals surface area contributed by atoms with Crippen LogP contribution >= 0.6 is 11.3 Å². The van der Waals surface area contributed by atoms with E-state index < -0.39 is 11.9 Å². The fourth-order valence-corrected chi connectivity index (χ4v) is 3.77. The maximum Gasteiger partial charge on any atom is 0.348 e. The van der Waals surface area contributed by atoms with Crippen molar-refractivity contribution in [3.63, 3.8) is 0 Å². The monoisotopic (exact) mass is 433 g/mol. The number of carbonyl (C=O) groups is 3. The first kappa shape index (κ1) is 23.4. The third kappa shape index (κ3) is 6.59. The number of hydrogen-bond acceptors (Lipinski definition) is 7. The van der Waals surface area contributed by atoms with Gasteiger partial charge in [0.25, 0.3) is 0 Å². The van der Waals surface area contributed by atoms with Gasteiger partial charge in [-0.2, -0.15) is 0 Å². The zero-order valence-electron chi connectivity index (χ0n) is 17.7. The normalized spacial score (nSPS) is 10.6. The average molecular weight is 434 g/mol. The average Bonchev–Trinajstić information content (AvgIpc) is 3.01. The van der Waals surface area contributed by atoms with E-state index in [4.69, 9.17) is 14.2 Å². The first-order valence-corrected chi connectivity index (χ1v) is 10.6. The lowest BCUT2D eigenvalue weighted by molar-refractivity contribution is -0.116. The predicted molar refractivity (Wildman–Crippen MR) is 115 cm³/mol. The zero-order valence-corrected chi connectivity index (χ0v) is 18.5. The minimum atomic E-state index is -0.586. The van der Waals surface area contributed by atoms with E-state index in [1.54, 1.807) is 13.8 Å². The molecule has 162 valence electrons. The molecule has 7 nitrogen and oxygen atoms in total. The number of hydrogen-bond donors (Lipinski definition) is 1. The molecule has 0 radical (unpaired) electrons. The molecule has 8 heteroatoms. The van der Waals surface area contributed by atoms with Crippen molar-refractivity contribution in [3.8, 4) is 5.75 Å². The largest absolute Gasteiger partial charge is 0.490 e. The zero-order chi connectivity index (χ0) is 22.1. The lowest BCUT2D eigenvalue weighted by Gasteiger charge is -2.08. The summed E-state index contributed by atoms with van der Waals surface area (Å²) in [7, 11) is 0. The number of esters is 2. The molecule has 0 atom stereocenters. The Morgan fingerprint density at radius 2 is 1.73 bits per heavy atom. The second-order valence-electron chi connectivity index (χ2n) is 6.92. The van der Waals surface area contributed by atoms with E-state index in [0.29, 0.717) is 22.7 Å². The van der Waals surface area contributed by atoms with Crippen LogP contribution in [0.25, 0.3) is 0 Å². The lowest BCUT2D eigenvalue weighted by Crippen LogP contribution is -2.16. The summed E-state index contributed by atoms with van der Waals surface area (Å²) in [6.45, 7) is 7.61. The Morgan fingerprint density at radius 3 is 2.37 bits per heavy atom. The van der Waals surface area contributed by atoms with Crippen molar-refractivity contribution in [2.24, 2.45) is 5.92 Å². The molecule has 0 saturated heterocycles. The number of carbonyl (C=O) groups excluding carboxylic acids is 3. The van der Waals surface area contributed by atoms with Crippen LogP contribution in [0.2, 0.25) is 0 Å². The Hall–Kier alpha value is -2.87. The van der Waals surface area contributed by atoms with Gasteiger partial charge < -0.3 is 19.5 Å². The molecule has 0 saturated carbocycles. The van der Waals surface area contributed by atoms with E-state index in [1.807, 2.05) is 44.2 Å². The highest BCUT2D eigenvalue weighted by molar-refractivity contribution is 7.18. The SMILES string of the molecule is CCOC(=O)c1c(NC(=O)CC(C)C)sc(C(=O)OCCOc2ccccc2)c1C. The van der Waals surface area contributed by atoms with Crippen LogP contribution in [0.1, 0.15) is 52.8 Å². The number of para-hydroxylation sites is 1. The van der Waals surface area contributed by atoms with Crippen LogP contribution in [-0.2, 0) is 14.3 Å². The molecule has 1 aromatic heterocycles. The van der Waals surface area contributed by atoms with Gasteiger partial charge in [0.05, 0.1) is 12.2 Å². The van der Waals surface area contributed by atoms with Gasteiger partial charge in [-0.1, -0.05) is 32.0 Å². The summed E-state index contributed by atoms with van der Waals surface area (Å²) in [4.78, 5) is 37.4. The van der Waals surface area contributed by atoms with Gasteiger partial charge in [0.15, 0.2) is 0 Å². The van der Waals surface area contributed by atoms with Gasteiger partial charge in [-0.05, 0) is 37.5 Å². The van der Waals surface area contributed by atoms with Crippen LogP contribution in [0.5, 0.6) is 5.75 Å². The van der Waals surface area contributed by atoms with Crippen LogP contribution in [0.4, 0.5) is 5.00 Å². The van der Waals surface area contributed by atoms with Crippen molar-refractivity contribution in [1.29, 1.82) is 0 Å². The van der Waals surface area contributed by atoms with Crippen molar-refractivity contribution < 1.29 is 28.6 Å². The quantitative estimate of drug-likeness (QED) is 0.440. The Kier molecular flexibility index (Phi) is 8.86. The minimum absolute atomic E-state index is 0.0504. The topological polar surface area (TPSA) is 90.9 Å². The summed E-state index contributed by atoms with van der Waals surface area (Å²) in [6, 6.07) is 9.20. The fourth-order valence-electron chi connectivity index (χ4n) is 2.67. The predicted octanol–water partition coefficient (Wildman–Crippen LogP) is 4.45. The summed E-state index contributed by atoms with van der Waals surface area (Å²) >= 11 is 1.01. The molecule has 1 heterocycles. The molecular weight excluding hydrogens is 406 g/mol. The highest BCUT2D eigenvalue weighted by Crippen LogP contribution is 2.34. The molecule has 0 aliphatic carbocycles. The fraction of sp³-hybridized carbons (Fsp3) is 0.409. The highest BCUT2D eigenvalue weighted by atomic mass is 32.1. The molecule has 0 unspecified atom stereocenters. The number of benzene rings is 1. The summed E-state index contributed by atoms with van der Waals surface area (Å²) in [6.07, 6.45) is 0.301. The Morgan fingerprint density at radius 1 is 1.03 bits per heavy atom. The van der Waals surface area contributed by atoms with Gasteiger partial charge in [-0.3, -0.25) is 4.79 Å². The van der Waals surface area contributed by atoms with Gasteiger partial charge in [0, 0.05) is 6.42 Å². The van der Waals surface area contributed by atoms with Gasteiger partial charge in [0.1, 0.15) is 28.8 Å². The van der Waals surface area contributed by atoms with Crippen LogP contribution in [0.15, 0.2) is 30.3 Å². The van der Waals surface area contributed by atoms with Crippen LogP contribution in [-0.4, -0.2) is 37.7 Å². The summed E-state index contributed by atoms with van der Waals surface area (Å²) in [5.74, 6) is -0.554. The first-order valence-electron chi connectivity index (χ1n) is 9.78. The van der Waals surface area contributed by atoms with Crippen molar-refractivity contribution >= 4 is 34.2 Å². The maximum atomic E-state index is 12.6. The van der Waals surface area contributed by atoms with E-state index in [-0.39, 0.29) is 42.1 Å². The third-order valence-electron chi connectivity index (χ3n) is 3.99. The molecule has 1 amide bonds. The molecule has 1 aromatic carbocycles. The standard InChI is InChI=1S/C22H27NO6S/c1-5-27-21(25)18-15(4)19(30-20(18)23-17(24)13-14(2)3)22(26)29-12-11-28-16-9-7-6-8-10-16/h6-10,14H,5,11-13H2,1-4H3,(H,23,24). The Balaban J connectivity index is 2.09. The molecule has 0 spiro atoms. The number of anilines is 1. The van der Waals surface area contributed by atoms with E-state index >= 15 is 0 Å². The molecule has 2 rings (SSSR count). The van der Waals surface area contributed by atoms with Crippen molar-refractivity contribution in [1.82, 2.24) is 0 Å². The van der Waals surface area contributed by atoms with E-state index in [0.717, 1.165) is 11.3 Å². The van der Waals surface area contributed by atoms with Crippen molar-refractivity contribution in [2.45, 2.75) is 34.1 Å². The Bertz CT molecular complexity index is 875. The van der Waals surface area contributed by atoms with Gasteiger partial charge in [-0.15, -0.1) is 11.3 Å². The van der Waals surface area contributed by atoms with Gasteiger partial charge in [-0.25, -0.2) is 9.59 Å². The first-order chi connectivity index (χ1) is 14.3. The third-order valence-corrected chi connectivity index (χ3v) is 5.17. The molecular formula is C22H27NO6S. The number of ether oxygens (including phenoxy) is 3. The molecule has 0 aliphatic rings. The number of rotatable bonds is 10. The van der Waals surface area contributed by atoms with E-state index in [1.165, 1.54) is 0 Å². The lowest BCUT2D eigenvalue weighted by atomic mass is 10.1. The van der Waals surface area contributed by atoms with Gasteiger partial charge >= 0.3 is 11.9 Å². The van der Waals surface area contributed by atoms with Crippen molar-refractivity contribution in [3.05, 3.63) is 46.3 Å². The van der Waals surface area contributed by atoms with Crippen LogP contribution in [0.3, 0.4) is 0 Å². The smallest absolute Gasteiger partial charge is 0.348 e. The molecule has 0 bridgehead atoms. The summed E-state index contributed by atoms with van der Waals surface area (Å²) in [5, 5.41) is 3.03. The highest BCUT2D eigenvalue weighted by Gasteiger charge is 2.27. The van der Waals surface area contributed by atoms with Crippen molar-refractivity contribution in [2.75, 3.05) is 25.1 Å². The molecule has 2 aromatic rings. The second kappa shape index (κ2) is 11.3. The van der Waals surface area contributed by atoms with Gasteiger partial charge in [0.2, 0.25) is 5.91 Å². The van der Waals surface area contributed by atoms with Crippen LogP contribution < -0.4 is 10.1 Å². The minimum Gasteiger partial charge on any atom is -0.490 e. The number of nitrogens with one attached hydrogen (secondary N) is 1. The number of thiophene rings is 1. The molecule has 1 N–H and O–H groups in total. The maximum absolute atomic E-state index is 12.6. The molecule has 0 fully saturated rings. The second-order valence-corrected chi connectivity index (χ2v) is 7.94. The molecule has 30 heavy (non-hydrogen) atoms. The summed E-state index contributed by atoms with van der Waals surface area (Å²) < 4.78 is 15.9.